The van der Waals surface area contributed by atoms with E-state index in [0.29, 0.717) is 19.8 Å². The SMILES string of the molecule is CCOC1COC(C)(C)OCC1N. The zero-order valence-corrected chi connectivity index (χ0v) is 8.58. The second-order valence-electron chi connectivity index (χ2n) is 3.68. The van der Waals surface area contributed by atoms with E-state index >= 15 is 0 Å². The third-order valence-corrected chi connectivity index (χ3v) is 2.08. The quantitative estimate of drug-likeness (QED) is 0.687. The van der Waals surface area contributed by atoms with Crippen molar-refractivity contribution in [3.05, 3.63) is 0 Å². The Hall–Kier alpha value is -0.160. The number of ether oxygens (including phenoxy) is 3. The summed E-state index contributed by atoms with van der Waals surface area (Å²) in [5, 5.41) is 0. The van der Waals surface area contributed by atoms with E-state index in [9.17, 15) is 0 Å². The van der Waals surface area contributed by atoms with Crippen LogP contribution in [0.25, 0.3) is 0 Å². The summed E-state index contributed by atoms with van der Waals surface area (Å²) in [7, 11) is 0. The largest absolute Gasteiger partial charge is 0.374 e. The van der Waals surface area contributed by atoms with Crippen LogP contribution >= 0.6 is 0 Å². The molecule has 4 heteroatoms. The molecular weight excluding hydrogens is 170 g/mol. The van der Waals surface area contributed by atoms with Gasteiger partial charge in [-0.2, -0.15) is 0 Å². The molecule has 13 heavy (non-hydrogen) atoms. The molecule has 0 aromatic carbocycles. The van der Waals surface area contributed by atoms with Crippen LogP contribution < -0.4 is 5.73 Å². The molecule has 1 fully saturated rings. The lowest BCUT2D eigenvalue weighted by molar-refractivity contribution is -0.204. The predicted octanol–water partition coefficient (Wildman–Crippen LogP) is 0.502. The van der Waals surface area contributed by atoms with E-state index in [4.69, 9.17) is 19.9 Å². The maximum absolute atomic E-state index is 5.86. The van der Waals surface area contributed by atoms with Crippen LogP contribution in [0.5, 0.6) is 0 Å². The summed E-state index contributed by atoms with van der Waals surface area (Å²) in [6.07, 6.45) is -0.0493. The average Bonchev–Trinajstić information content (AvgIpc) is 2.18. The third-order valence-electron chi connectivity index (χ3n) is 2.08. The zero-order valence-electron chi connectivity index (χ0n) is 8.58. The van der Waals surface area contributed by atoms with Gasteiger partial charge in [0.05, 0.1) is 25.4 Å². The molecule has 1 heterocycles. The molecule has 0 amide bonds. The van der Waals surface area contributed by atoms with E-state index in [-0.39, 0.29) is 12.1 Å². The van der Waals surface area contributed by atoms with Crippen molar-refractivity contribution >= 4 is 0 Å². The molecule has 1 aliphatic rings. The third kappa shape index (κ3) is 3.23. The number of nitrogens with two attached hydrogens (primary N) is 1. The lowest BCUT2D eigenvalue weighted by Gasteiger charge is -2.22. The summed E-state index contributed by atoms with van der Waals surface area (Å²) in [6, 6.07) is -0.0956. The molecule has 0 bridgehead atoms. The Bertz CT molecular complexity index is 161. The van der Waals surface area contributed by atoms with Gasteiger partial charge in [-0.15, -0.1) is 0 Å². The molecule has 1 rings (SSSR count). The van der Waals surface area contributed by atoms with Gasteiger partial charge in [-0.3, -0.25) is 0 Å². The van der Waals surface area contributed by atoms with Gasteiger partial charge in [-0.25, -0.2) is 0 Å². The fourth-order valence-electron chi connectivity index (χ4n) is 1.24. The van der Waals surface area contributed by atoms with Crippen molar-refractivity contribution in [2.45, 2.75) is 38.7 Å². The van der Waals surface area contributed by atoms with E-state index in [1.807, 2.05) is 20.8 Å². The van der Waals surface area contributed by atoms with Gasteiger partial charge in [0.2, 0.25) is 0 Å². The molecule has 0 aliphatic carbocycles. The maximum Gasteiger partial charge on any atom is 0.162 e. The highest BCUT2D eigenvalue weighted by Crippen LogP contribution is 2.17. The maximum atomic E-state index is 5.86. The smallest absolute Gasteiger partial charge is 0.162 e. The number of hydrogen-bond acceptors (Lipinski definition) is 4. The Morgan fingerprint density at radius 2 is 2.00 bits per heavy atom. The van der Waals surface area contributed by atoms with Crippen LogP contribution in [-0.4, -0.2) is 37.8 Å². The fraction of sp³-hybridized carbons (Fsp3) is 1.00. The van der Waals surface area contributed by atoms with Crippen molar-refractivity contribution in [2.75, 3.05) is 19.8 Å². The standard InChI is InChI=1S/C9H19NO3/c1-4-11-8-6-13-9(2,3)12-5-7(8)10/h7-8H,4-6,10H2,1-3H3. The summed E-state index contributed by atoms with van der Waals surface area (Å²) < 4.78 is 16.4. The van der Waals surface area contributed by atoms with Crippen molar-refractivity contribution in [2.24, 2.45) is 5.73 Å². The van der Waals surface area contributed by atoms with Crippen LogP contribution in [0, 0.1) is 0 Å². The Labute approximate surface area is 79.3 Å². The molecule has 4 nitrogen and oxygen atoms in total. The lowest BCUT2D eigenvalue weighted by Crippen LogP contribution is -2.41. The highest BCUT2D eigenvalue weighted by Gasteiger charge is 2.30. The van der Waals surface area contributed by atoms with Gasteiger partial charge in [0.15, 0.2) is 5.79 Å². The molecule has 0 aromatic heterocycles. The molecule has 2 N–H and O–H groups in total. The van der Waals surface area contributed by atoms with Gasteiger partial charge in [0, 0.05) is 6.61 Å². The number of rotatable bonds is 2. The molecule has 1 aliphatic heterocycles. The van der Waals surface area contributed by atoms with Gasteiger partial charge in [-0.1, -0.05) is 0 Å². The fourth-order valence-corrected chi connectivity index (χ4v) is 1.24. The Morgan fingerprint density at radius 1 is 1.38 bits per heavy atom. The van der Waals surface area contributed by atoms with E-state index in [1.54, 1.807) is 0 Å². The van der Waals surface area contributed by atoms with E-state index in [0.717, 1.165) is 0 Å². The van der Waals surface area contributed by atoms with Gasteiger partial charge in [0.25, 0.3) is 0 Å². The van der Waals surface area contributed by atoms with Crippen molar-refractivity contribution < 1.29 is 14.2 Å². The van der Waals surface area contributed by atoms with Gasteiger partial charge in [0.1, 0.15) is 0 Å². The minimum atomic E-state index is -0.538. The molecule has 0 spiro atoms. The van der Waals surface area contributed by atoms with Gasteiger partial charge >= 0.3 is 0 Å². The van der Waals surface area contributed by atoms with Crippen molar-refractivity contribution in [3.8, 4) is 0 Å². The monoisotopic (exact) mass is 189 g/mol. The molecular formula is C9H19NO3. The number of hydrogen-bond donors (Lipinski definition) is 1. The molecule has 0 saturated carbocycles. The van der Waals surface area contributed by atoms with Crippen LogP contribution in [0.2, 0.25) is 0 Å². The zero-order chi connectivity index (χ0) is 9.90. The summed E-state index contributed by atoms with van der Waals surface area (Å²) in [6.45, 7) is 7.35. The Morgan fingerprint density at radius 3 is 2.62 bits per heavy atom. The average molecular weight is 189 g/mol. The van der Waals surface area contributed by atoms with Crippen molar-refractivity contribution in [1.82, 2.24) is 0 Å². The van der Waals surface area contributed by atoms with E-state index < -0.39 is 5.79 Å². The minimum Gasteiger partial charge on any atom is -0.374 e. The molecule has 0 radical (unpaired) electrons. The summed E-state index contributed by atoms with van der Waals surface area (Å²) >= 11 is 0. The van der Waals surface area contributed by atoms with E-state index in [2.05, 4.69) is 0 Å². The van der Waals surface area contributed by atoms with Gasteiger partial charge in [-0.05, 0) is 20.8 Å². The second kappa shape index (κ2) is 4.37. The van der Waals surface area contributed by atoms with Crippen LogP contribution in [0.4, 0.5) is 0 Å². The molecule has 0 aromatic rings. The summed E-state index contributed by atoms with van der Waals surface area (Å²) in [5.41, 5.74) is 5.86. The highest BCUT2D eigenvalue weighted by atomic mass is 16.7. The normalized spacial score (nSPS) is 34.2. The topological polar surface area (TPSA) is 53.7 Å². The van der Waals surface area contributed by atoms with Crippen molar-refractivity contribution in [3.63, 3.8) is 0 Å². The first kappa shape index (κ1) is 10.9. The summed E-state index contributed by atoms with van der Waals surface area (Å²) in [4.78, 5) is 0. The predicted molar refractivity (Wildman–Crippen MR) is 49.4 cm³/mol. The summed E-state index contributed by atoms with van der Waals surface area (Å²) in [5.74, 6) is -0.538. The van der Waals surface area contributed by atoms with Gasteiger partial charge < -0.3 is 19.9 Å². The molecule has 2 unspecified atom stereocenters. The molecule has 78 valence electrons. The Kier molecular flexibility index (Phi) is 3.67. The van der Waals surface area contributed by atoms with Crippen LogP contribution in [-0.2, 0) is 14.2 Å². The second-order valence-corrected chi connectivity index (χ2v) is 3.68. The van der Waals surface area contributed by atoms with Crippen LogP contribution in [0.1, 0.15) is 20.8 Å². The van der Waals surface area contributed by atoms with Crippen LogP contribution in [0.3, 0.4) is 0 Å². The Balaban J connectivity index is 2.49. The molecule has 2 atom stereocenters. The first-order chi connectivity index (χ1) is 6.05. The first-order valence-corrected chi connectivity index (χ1v) is 4.70. The van der Waals surface area contributed by atoms with Crippen LogP contribution in [0.15, 0.2) is 0 Å². The first-order valence-electron chi connectivity index (χ1n) is 4.70. The van der Waals surface area contributed by atoms with E-state index in [1.165, 1.54) is 0 Å². The van der Waals surface area contributed by atoms with Crippen molar-refractivity contribution in [1.29, 1.82) is 0 Å². The molecule has 1 saturated heterocycles. The highest BCUT2D eigenvalue weighted by molar-refractivity contribution is 4.77. The minimum absolute atomic E-state index is 0.0493. The lowest BCUT2D eigenvalue weighted by atomic mass is 10.2.